The summed E-state index contributed by atoms with van der Waals surface area (Å²) in [5.74, 6) is 1.91. The molecule has 1 atom stereocenters. The third kappa shape index (κ3) is 8.99. The van der Waals surface area contributed by atoms with Crippen LogP contribution in [0, 0.1) is 11.8 Å². The Morgan fingerprint density at radius 2 is 2.04 bits per heavy atom. The SMILES string of the molecule is CCNC(=NCC(CCO)CC(C)C)NCCc1nc(C(C)(C)C)cs1. The van der Waals surface area contributed by atoms with E-state index in [4.69, 9.17) is 9.98 Å². The summed E-state index contributed by atoms with van der Waals surface area (Å²) >= 11 is 1.73. The smallest absolute Gasteiger partial charge is 0.191 e. The van der Waals surface area contributed by atoms with E-state index in [1.54, 1.807) is 11.3 Å². The minimum absolute atomic E-state index is 0.108. The Bertz CT molecular complexity index is 534. The normalized spacial score (nSPS) is 13.9. The highest BCUT2D eigenvalue weighted by molar-refractivity contribution is 7.09. The first-order chi connectivity index (χ1) is 12.3. The molecular weight excluding hydrogens is 344 g/mol. The average molecular weight is 383 g/mol. The van der Waals surface area contributed by atoms with E-state index >= 15 is 0 Å². The van der Waals surface area contributed by atoms with Gasteiger partial charge in [-0.2, -0.15) is 0 Å². The Kier molecular flexibility index (Phi) is 10.2. The van der Waals surface area contributed by atoms with Crippen LogP contribution in [0.2, 0.25) is 0 Å². The number of aliphatic hydroxyl groups is 1. The predicted molar refractivity (Wildman–Crippen MR) is 113 cm³/mol. The van der Waals surface area contributed by atoms with E-state index in [1.165, 1.54) is 5.69 Å². The van der Waals surface area contributed by atoms with Gasteiger partial charge in [0, 0.05) is 43.5 Å². The van der Waals surface area contributed by atoms with Gasteiger partial charge in [0.15, 0.2) is 5.96 Å². The zero-order chi connectivity index (χ0) is 19.6. The van der Waals surface area contributed by atoms with Crippen molar-refractivity contribution in [3.63, 3.8) is 0 Å². The van der Waals surface area contributed by atoms with E-state index in [9.17, 15) is 5.11 Å². The molecule has 1 unspecified atom stereocenters. The summed E-state index contributed by atoms with van der Waals surface area (Å²) < 4.78 is 0. The summed E-state index contributed by atoms with van der Waals surface area (Å²) in [4.78, 5) is 9.47. The van der Waals surface area contributed by atoms with Crippen molar-refractivity contribution in [1.82, 2.24) is 15.6 Å². The van der Waals surface area contributed by atoms with Crippen molar-refractivity contribution in [2.45, 2.75) is 66.2 Å². The number of thiazole rings is 1. The van der Waals surface area contributed by atoms with Crippen LogP contribution in [0.25, 0.3) is 0 Å². The predicted octanol–water partition coefficient (Wildman–Crippen LogP) is 3.58. The zero-order valence-corrected chi connectivity index (χ0v) is 18.2. The topological polar surface area (TPSA) is 69.5 Å². The molecule has 0 bridgehead atoms. The highest BCUT2D eigenvalue weighted by Crippen LogP contribution is 2.23. The Labute approximate surface area is 163 Å². The molecular formula is C20H38N4OS. The number of nitrogens with zero attached hydrogens (tertiary/aromatic N) is 2. The maximum absolute atomic E-state index is 9.26. The first-order valence-corrected chi connectivity index (χ1v) is 10.7. The third-order valence-corrected chi connectivity index (χ3v) is 5.05. The highest BCUT2D eigenvalue weighted by Gasteiger charge is 2.17. The van der Waals surface area contributed by atoms with Crippen molar-refractivity contribution in [3.8, 4) is 0 Å². The fourth-order valence-corrected chi connectivity index (χ4v) is 3.78. The summed E-state index contributed by atoms with van der Waals surface area (Å²) in [7, 11) is 0. The molecule has 0 amide bonds. The van der Waals surface area contributed by atoms with Gasteiger partial charge in [0.1, 0.15) is 0 Å². The van der Waals surface area contributed by atoms with Crippen molar-refractivity contribution >= 4 is 17.3 Å². The van der Waals surface area contributed by atoms with Gasteiger partial charge < -0.3 is 15.7 Å². The molecule has 3 N–H and O–H groups in total. The molecule has 1 rings (SSSR count). The lowest BCUT2D eigenvalue weighted by atomic mass is 9.93. The lowest BCUT2D eigenvalue weighted by Crippen LogP contribution is -2.38. The third-order valence-electron chi connectivity index (χ3n) is 4.15. The van der Waals surface area contributed by atoms with Gasteiger partial charge in [0.2, 0.25) is 0 Å². The van der Waals surface area contributed by atoms with E-state index in [1.807, 2.05) is 0 Å². The number of aliphatic imine (C=N–C) groups is 1. The van der Waals surface area contributed by atoms with Crippen molar-refractivity contribution in [2.24, 2.45) is 16.8 Å². The Morgan fingerprint density at radius 3 is 2.58 bits per heavy atom. The van der Waals surface area contributed by atoms with Crippen molar-refractivity contribution in [1.29, 1.82) is 0 Å². The summed E-state index contributed by atoms with van der Waals surface area (Å²) in [6, 6.07) is 0. The van der Waals surface area contributed by atoms with Gasteiger partial charge in [0.05, 0.1) is 10.7 Å². The van der Waals surface area contributed by atoms with Crippen molar-refractivity contribution in [3.05, 3.63) is 16.1 Å². The number of hydrogen-bond donors (Lipinski definition) is 3. The molecule has 1 heterocycles. The van der Waals surface area contributed by atoms with E-state index in [-0.39, 0.29) is 12.0 Å². The number of rotatable bonds is 10. The molecule has 5 nitrogen and oxygen atoms in total. The Balaban J connectivity index is 2.54. The molecule has 0 spiro atoms. The van der Waals surface area contributed by atoms with Gasteiger partial charge in [-0.25, -0.2) is 4.98 Å². The number of guanidine groups is 1. The maximum Gasteiger partial charge on any atom is 0.191 e. The second-order valence-corrected chi connectivity index (χ2v) is 9.22. The molecule has 1 aromatic rings. The highest BCUT2D eigenvalue weighted by atomic mass is 32.1. The van der Waals surface area contributed by atoms with Crippen LogP contribution in [0.3, 0.4) is 0 Å². The first-order valence-electron chi connectivity index (χ1n) is 9.84. The second-order valence-electron chi connectivity index (χ2n) is 8.28. The van der Waals surface area contributed by atoms with Crippen LogP contribution in [0.4, 0.5) is 0 Å². The van der Waals surface area contributed by atoms with Gasteiger partial charge in [-0.05, 0) is 31.6 Å². The minimum Gasteiger partial charge on any atom is -0.396 e. The number of aliphatic hydroxyl groups excluding tert-OH is 1. The summed E-state index contributed by atoms with van der Waals surface area (Å²) in [6.07, 6.45) is 2.81. The molecule has 150 valence electrons. The van der Waals surface area contributed by atoms with Crippen LogP contribution in [0.1, 0.15) is 65.1 Å². The number of hydrogen-bond acceptors (Lipinski definition) is 4. The monoisotopic (exact) mass is 382 g/mol. The summed E-state index contributed by atoms with van der Waals surface area (Å²) in [6.45, 7) is 15.7. The largest absolute Gasteiger partial charge is 0.396 e. The molecule has 1 aromatic heterocycles. The van der Waals surface area contributed by atoms with E-state index in [0.29, 0.717) is 11.8 Å². The summed E-state index contributed by atoms with van der Waals surface area (Å²) in [5.41, 5.74) is 1.27. The fraction of sp³-hybridized carbons (Fsp3) is 0.800. The van der Waals surface area contributed by atoms with E-state index in [0.717, 1.165) is 49.9 Å². The molecule has 26 heavy (non-hydrogen) atoms. The number of nitrogens with one attached hydrogen (secondary N) is 2. The first kappa shape index (κ1) is 22.9. The van der Waals surface area contributed by atoms with Crippen LogP contribution in [-0.4, -0.2) is 42.3 Å². The Hall–Kier alpha value is -1.14. The molecule has 6 heteroatoms. The molecule has 0 aliphatic heterocycles. The molecule has 0 saturated heterocycles. The van der Waals surface area contributed by atoms with Crippen LogP contribution in [0.15, 0.2) is 10.4 Å². The van der Waals surface area contributed by atoms with Crippen molar-refractivity contribution < 1.29 is 5.11 Å². The van der Waals surface area contributed by atoms with Crippen LogP contribution >= 0.6 is 11.3 Å². The fourth-order valence-electron chi connectivity index (χ4n) is 2.75. The van der Waals surface area contributed by atoms with Gasteiger partial charge in [-0.15, -0.1) is 11.3 Å². The minimum atomic E-state index is 0.108. The van der Waals surface area contributed by atoms with Gasteiger partial charge in [-0.3, -0.25) is 4.99 Å². The lowest BCUT2D eigenvalue weighted by Gasteiger charge is -2.17. The van der Waals surface area contributed by atoms with Crippen molar-refractivity contribution in [2.75, 3.05) is 26.2 Å². The van der Waals surface area contributed by atoms with Gasteiger partial charge in [0.25, 0.3) is 0 Å². The molecule has 0 saturated carbocycles. The molecule has 0 radical (unpaired) electrons. The van der Waals surface area contributed by atoms with Gasteiger partial charge >= 0.3 is 0 Å². The second kappa shape index (κ2) is 11.5. The summed E-state index contributed by atoms with van der Waals surface area (Å²) in [5, 5.41) is 19.3. The average Bonchev–Trinajstić information content (AvgIpc) is 3.01. The standard InChI is InChI=1S/C20H38N4OS/c1-7-21-19(23-13-16(9-11-25)12-15(2)3)22-10-8-18-24-17(14-26-18)20(4,5)6/h14-16,25H,7-13H2,1-6H3,(H2,21,22,23). The maximum atomic E-state index is 9.26. The van der Waals surface area contributed by atoms with E-state index in [2.05, 4.69) is 57.6 Å². The van der Waals surface area contributed by atoms with Crippen LogP contribution < -0.4 is 10.6 Å². The van der Waals surface area contributed by atoms with Gasteiger partial charge in [-0.1, -0.05) is 34.6 Å². The quantitative estimate of drug-likeness (QED) is 0.427. The Morgan fingerprint density at radius 1 is 1.31 bits per heavy atom. The molecule has 0 aliphatic carbocycles. The molecule has 0 fully saturated rings. The lowest BCUT2D eigenvalue weighted by molar-refractivity contribution is 0.245. The van der Waals surface area contributed by atoms with E-state index < -0.39 is 0 Å². The van der Waals surface area contributed by atoms with Crippen LogP contribution in [0.5, 0.6) is 0 Å². The molecule has 0 aliphatic rings. The zero-order valence-electron chi connectivity index (χ0n) is 17.4. The van der Waals surface area contributed by atoms with Crippen LogP contribution in [-0.2, 0) is 11.8 Å². The molecule has 0 aromatic carbocycles. The number of aromatic nitrogens is 1.